The normalized spacial score (nSPS) is 19.1. The lowest BCUT2D eigenvalue weighted by Gasteiger charge is -2.34. The number of carboxylic acid groups (broad SMARTS) is 1. The van der Waals surface area contributed by atoms with Crippen LogP contribution in [0.25, 0.3) is 11.3 Å². The summed E-state index contributed by atoms with van der Waals surface area (Å²) in [6, 6.07) is 7.63. The van der Waals surface area contributed by atoms with Gasteiger partial charge in [0.1, 0.15) is 22.9 Å². The molecule has 0 bridgehead atoms. The minimum atomic E-state index is -1.03. The third-order valence-electron chi connectivity index (χ3n) is 7.99. The molecule has 1 aliphatic carbocycles. The van der Waals surface area contributed by atoms with Crippen LogP contribution >= 0.6 is 0 Å². The van der Waals surface area contributed by atoms with E-state index in [-0.39, 0.29) is 19.0 Å². The molecular formula is C30H38N8O5. The number of amides is 2. The maximum absolute atomic E-state index is 13.8. The first-order valence-corrected chi connectivity index (χ1v) is 14.7. The van der Waals surface area contributed by atoms with E-state index in [1.165, 1.54) is 9.80 Å². The average molecular weight is 591 g/mol. The zero-order valence-corrected chi connectivity index (χ0v) is 24.9. The molecule has 13 heteroatoms. The number of pyridine rings is 1. The highest BCUT2D eigenvalue weighted by atomic mass is 16.6. The predicted octanol–water partition coefficient (Wildman–Crippen LogP) is 4.28. The first kappa shape index (κ1) is 28.7. The van der Waals surface area contributed by atoms with Gasteiger partial charge in [-0.3, -0.25) is 4.90 Å². The van der Waals surface area contributed by atoms with E-state index in [2.05, 4.69) is 10.4 Å². The average Bonchev–Trinajstić information content (AvgIpc) is 3.54. The Morgan fingerprint density at radius 1 is 1.19 bits per heavy atom. The second kappa shape index (κ2) is 11.0. The van der Waals surface area contributed by atoms with Gasteiger partial charge in [0.25, 0.3) is 0 Å². The number of fused-ring (bicyclic) bond motifs is 2. The van der Waals surface area contributed by atoms with Crippen molar-refractivity contribution in [3.05, 3.63) is 53.6 Å². The molecule has 0 radical (unpaired) electrons. The van der Waals surface area contributed by atoms with Gasteiger partial charge in [0.2, 0.25) is 0 Å². The monoisotopic (exact) mass is 590 g/mol. The van der Waals surface area contributed by atoms with E-state index in [0.717, 1.165) is 29.7 Å². The molecule has 2 fully saturated rings. The number of nitrogens with one attached hydrogen (secondary N) is 1. The fourth-order valence-electron chi connectivity index (χ4n) is 5.55. The van der Waals surface area contributed by atoms with Crippen LogP contribution in [0.15, 0.2) is 36.7 Å². The van der Waals surface area contributed by atoms with Gasteiger partial charge in [-0.1, -0.05) is 6.07 Å². The fraction of sp³-hybridized carbons (Fsp3) is 0.500. The van der Waals surface area contributed by atoms with E-state index >= 15 is 0 Å². The molecule has 2 amide bonds. The zero-order chi connectivity index (χ0) is 30.5. The van der Waals surface area contributed by atoms with Crippen molar-refractivity contribution >= 4 is 35.1 Å². The van der Waals surface area contributed by atoms with Gasteiger partial charge in [0.05, 0.1) is 31.1 Å². The number of hydrogen-bond acceptors (Lipinski definition) is 8. The molecular weight excluding hydrogens is 552 g/mol. The van der Waals surface area contributed by atoms with Crippen molar-refractivity contribution in [2.45, 2.75) is 71.1 Å². The number of aryl methyl sites for hydroxylation is 1. The first-order valence-electron chi connectivity index (χ1n) is 14.7. The van der Waals surface area contributed by atoms with Crippen LogP contribution in [0.2, 0.25) is 0 Å². The number of carbonyl (C=O) groups is 2. The van der Waals surface area contributed by atoms with Gasteiger partial charge in [-0.25, -0.2) is 19.6 Å². The SMILES string of the molecule is Cc1cccc2nc(CN(C(=O)OC(C)(C)C)c3cc(NCC4CCN(C(=O)O)CC4O)nc4c(C5CC5)cnn34)cn12. The quantitative estimate of drug-likeness (QED) is 0.287. The third-order valence-corrected chi connectivity index (χ3v) is 7.99. The Hall–Kier alpha value is -4.39. The number of likely N-dealkylation sites (tertiary alicyclic amines) is 1. The standard InChI is InChI=1S/C30H38N8O5/c1-18-6-5-7-25-33-21(15-36(18)25)16-37(29(42)43-30(2,3)4)26-12-24(34-27-22(19-8-9-19)14-32-38(26)27)31-13-20-10-11-35(28(40)41)17-23(20)39/h5-7,12,14-15,19-20,23,39H,8-11,13,16-17H2,1-4H3,(H,31,34)(H,40,41). The molecule has 2 aliphatic rings. The molecule has 0 aromatic carbocycles. The fourth-order valence-corrected chi connectivity index (χ4v) is 5.55. The van der Waals surface area contributed by atoms with E-state index in [4.69, 9.17) is 14.7 Å². The predicted molar refractivity (Wildman–Crippen MR) is 160 cm³/mol. The van der Waals surface area contributed by atoms with Gasteiger partial charge in [-0.2, -0.15) is 9.61 Å². The van der Waals surface area contributed by atoms with Crippen molar-refractivity contribution in [2.75, 3.05) is 29.9 Å². The van der Waals surface area contributed by atoms with Crippen LogP contribution in [0, 0.1) is 12.8 Å². The van der Waals surface area contributed by atoms with Gasteiger partial charge in [-0.15, -0.1) is 0 Å². The van der Waals surface area contributed by atoms with Crippen molar-refractivity contribution < 1.29 is 24.5 Å². The summed E-state index contributed by atoms with van der Waals surface area (Å²) >= 11 is 0. The molecule has 4 aromatic heterocycles. The minimum Gasteiger partial charge on any atom is -0.465 e. The van der Waals surface area contributed by atoms with Crippen molar-refractivity contribution in [1.82, 2.24) is 28.9 Å². The number of nitrogens with zero attached hydrogens (tertiary/aromatic N) is 7. The van der Waals surface area contributed by atoms with Crippen LogP contribution in [-0.2, 0) is 11.3 Å². The molecule has 2 atom stereocenters. The van der Waals surface area contributed by atoms with E-state index in [0.29, 0.717) is 48.4 Å². The number of anilines is 2. The summed E-state index contributed by atoms with van der Waals surface area (Å²) in [5.41, 5.74) is 3.43. The second-order valence-corrected chi connectivity index (χ2v) is 12.5. The smallest absolute Gasteiger partial charge is 0.416 e. The van der Waals surface area contributed by atoms with Gasteiger partial charge < -0.3 is 29.6 Å². The number of aliphatic hydroxyl groups is 1. The number of aromatic nitrogens is 5. The minimum absolute atomic E-state index is 0.0682. The van der Waals surface area contributed by atoms with E-state index in [9.17, 15) is 19.8 Å². The highest BCUT2D eigenvalue weighted by Gasteiger charge is 2.33. The lowest BCUT2D eigenvalue weighted by Crippen LogP contribution is -2.47. The first-order chi connectivity index (χ1) is 20.5. The van der Waals surface area contributed by atoms with Crippen molar-refractivity contribution in [3.8, 4) is 0 Å². The lowest BCUT2D eigenvalue weighted by molar-refractivity contribution is 0.0294. The van der Waals surface area contributed by atoms with Gasteiger partial charge >= 0.3 is 12.2 Å². The van der Waals surface area contributed by atoms with Gasteiger partial charge in [-0.05, 0) is 65.0 Å². The van der Waals surface area contributed by atoms with E-state index in [1.807, 2.05) is 62.7 Å². The topological polar surface area (TPSA) is 150 Å². The Labute approximate surface area is 249 Å². The molecule has 13 nitrogen and oxygen atoms in total. The van der Waals surface area contributed by atoms with Crippen LogP contribution in [0.3, 0.4) is 0 Å². The summed E-state index contributed by atoms with van der Waals surface area (Å²) in [4.78, 5) is 37.6. The summed E-state index contributed by atoms with van der Waals surface area (Å²) in [5.74, 6) is 1.21. The number of imidazole rings is 1. The summed E-state index contributed by atoms with van der Waals surface area (Å²) in [5, 5.41) is 27.9. The number of β-amino-alcohol motifs (C(OH)–C–C–N with tert-alkyl or cyclic N) is 1. The largest absolute Gasteiger partial charge is 0.465 e. The maximum atomic E-state index is 13.8. The molecule has 1 saturated heterocycles. The maximum Gasteiger partial charge on any atom is 0.416 e. The summed E-state index contributed by atoms with van der Waals surface area (Å²) in [6.45, 7) is 8.43. The molecule has 2 unspecified atom stereocenters. The highest BCUT2D eigenvalue weighted by molar-refractivity contribution is 5.88. The van der Waals surface area contributed by atoms with Crippen molar-refractivity contribution in [3.63, 3.8) is 0 Å². The number of hydrogen-bond donors (Lipinski definition) is 3. The Morgan fingerprint density at radius 3 is 2.65 bits per heavy atom. The van der Waals surface area contributed by atoms with E-state index < -0.39 is 23.9 Å². The molecule has 4 aromatic rings. The number of piperidine rings is 1. The molecule has 3 N–H and O–H groups in total. The van der Waals surface area contributed by atoms with Crippen LogP contribution in [-0.4, -0.2) is 82.6 Å². The number of rotatable bonds is 7. The molecule has 6 rings (SSSR count). The summed E-state index contributed by atoms with van der Waals surface area (Å²) in [7, 11) is 0. The number of ether oxygens (including phenoxy) is 1. The van der Waals surface area contributed by atoms with Crippen LogP contribution < -0.4 is 10.2 Å². The Kier molecular flexibility index (Phi) is 7.36. The Bertz CT molecular complexity index is 1670. The summed E-state index contributed by atoms with van der Waals surface area (Å²) in [6.07, 6.45) is 4.00. The van der Waals surface area contributed by atoms with Crippen molar-refractivity contribution in [1.29, 1.82) is 0 Å². The van der Waals surface area contributed by atoms with Crippen LogP contribution in [0.4, 0.5) is 21.2 Å². The van der Waals surface area contributed by atoms with Crippen LogP contribution in [0.5, 0.6) is 0 Å². The highest BCUT2D eigenvalue weighted by Crippen LogP contribution is 2.42. The molecule has 228 valence electrons. The number of carbonyl (C=O) groups excluding carboxylic acids is 1. The lowest BCUT2D eigenvalue weighted by atomic mass is 9.94. The van der Waals surface area contributed by atoms with Crippen LogP contribution in [0.1, 0.15) is 62.9 Å². The molecule has 5 heterocycles. The third kappa shape index (κ3) is 6.07. The second-order valence-electron chi connectivity index (χ2n) is 12.5. The Morgan fingerprint density at radius 2 is 1.98 bits per heavy atom. The van der Waals surface area contributed by atoms with E-state index in [1.54, 1.807) is 10.6 Å². The molecule has 43 heavy (non-hydrogen) atoms. The molecule has 0 spiro atoms. The van der Waals surface area contributed by atoms with Gasteiger partial charge in [0, 0.05) is 42.5 Å². The van der Waals surface area contributed by atoms with Crippen molar-refractivity contribution in [2.24, 2.45) is 5.92 Å². The molecule has 1 aliphatic heterocycles. The zero-order valence-electron chi connectivity index (χ0n) is 24.9. The number of aliphatic hydroxyl groups excluding tert-OH is 1. The molecule has 1 saturated carbocycles. The summed E-state index contributed by atoms with van der Waals surface area (Å²) < 4.78 is 9.53. The Balaban J connectivity index is 1.36. The van der Waals surface area contributed by atoms with Gasteiger partial charge in [0.15, 0.2) is 5.65 Å².